The van der Waals surface area contributed by atoms with E-state index >= 15 is 0 Å². The van der Waals surface area contributed by atoms with E-state index in [4.69, 9.17) is 4.74 Å². The van der Waals surface area contributed by atoms with Gasteiger partial charge in [-0.1, -0.05) is 13.8 Å². The first kappa shape index (κ1) is 20.0. The van der Waals surface area contributed by atoms with Crippen LogP contribution in [0.3, 0.4) is 0 Å². The van der Waals surface area contributed by atoms with Gasteiger partial charge in [0.15, 0.2) is 0 Å². The molecule has 0 bridgehead atoms. The summed E-state index contributed by atoms with van der Waals surface area (Å²) in [5.41, 5.74) is -1.71. The number of hydrogen-bond acceptors (Lipinski definition) is 3. The molecular weight excluding hydrogens is 292 g/mol. The van der Waals surface area contributed by atoms with Crippen LogP contribution in [0.4, 0.5) is 0 Å². The first-order valence-corrected chi connectivity index (χ1v) is 8.86. The van der Waals surface area contributed by atoms with Gasteiger partial charge in [0.1, 0.15) is 0 Å². The Balaban J connectivity index is 2.45. The molecule has 0 aliphatic heterocycles. The number of ether oxygens (including phenoxy) is 1. The zero-order chi connectivity index (χ0) is 17.8. The van der Waals surface area contributed by atoms with Gasteiger partial charge < -0.3 is 9.84 Å². The fourth-order valence-corrected chi connectivity index (χ4v) is 3.66. The van der Waals surface area contributed by atoms with Gasteiger partial charge in [-0.15, -0.1) is 0 Å². The summed E-state index contributed by atoms with van der Waals surface area (Å²) in [4.78, 5) is 23.6. The molecule has 0 heterocycles. The van der Waals surface area contributed by atoms with Gasteiger partial charge in [0.25, 0.3) is 0 Å². The van der Waals surface area contributed by atoms with E-state index in [0.717, 1.165) is 24.7 Å². The molecule has 1 rings (SSSR count). The van der Waals surface area contributed by atoms with E-state index in [9.17, 15) is 14.7 Å². The number of aliphatic carboxylic acids is 1. The van der Waals surface area contributed by atoms with Crippen molar-refractivity contribution in [3.8, 4) is 0 Å². The van der Waals surface area contributed by atoms with Gasteiger partial charge in [0.2, 0.25) is 0 Å². The zero-order valence-electron chi connectivity index (χ0n) is 15.6. The maximum absolute atomic E-state index is 12.4. The summed E-state index contributed by atoms with van der Waals surface area (Å²) in [5.74, 6) is 0.825. The number of carboxylic acids is 1. The fourth-order valence-electron chi connectivity index (χ4n) is 3.66. The fraction of sp³-hybridized carbons (Fsp3) is 0.895. The molecule has 1 fully saturated rings. The Kier molecular flexibility index (Phi) is 6.67. The van der Waals surface area contributed by atoms with Crippen LogP contribution in [0.2, 0.25) is 0 Å². The lowest BCUT2D eigenvalue weighted by Crippen LogP contribution is -2.37. The Morgan fingerprint density at radius 1 is 1.04 bits per heavy atom. The van der Waals surface area contributed by atoms with E-state index in [-0.39, 0.29) is 12.4 Å². The smallest absolute Gasteiger partial charge is 0.311 e. The van der Waals surface area contributed by atoms with Crippen LogP contribution in [0.5, 0.6) is 0 Å². The maximum Gasteiger partial charge on any atom is 0.311 e. The van der Waals surface area contributed by atoms with E-state index in [0.29, 0.717) is 12.5 Å². The van der Waals surface area contributed by atoms with Crippen LogP contribution < -0.4 is 0 Å². The molecule has 0 unspecified atom stereocenters. The molecule has 4 heteroatoms. The molecule has 0 aromatic carbocycles. The second kappa shape index (κ2) is 7.67. The Bertz CT molecular complexity index is 415. The highest BCUT2D eigenvalue weighted by Gasteiger charge is 2.40. The molecule has 0 atom stereocenters. The van der Waals surface area contributed by atoms with E-state index in [1.807, 2.05) is 0 Å². The third-order valence-electron chi connectivity index (χ3n) is 5.30. The minimum atomic E-state index is -0.933. The lowest BCUT2D eigenvalue weighted by atomic mass is 9.75. The summed E-state index contributed by atoms with van der Waals surface area (Å²) < 4.78 is 5.54. The number of esters is 1. The molecule has 23 heavy (non-hydrogen) atoms. The Morgan fingerprint density at radius 3 is 2.00 bits per heavy atom. The van der Waals surface area contributed by atoms with Crippen LogP contribution in [0.1, 0.15) is 73.6 Å². The molecule has 0 amide bonds. The predicted octanol–water partition coefficient (Wildman–Crippen LogP) is 4.52. The third-order valence-corrected chi connectivity index (χ3v) is 5.30. The normalized spacial score (nSPS) is 22.9. The van der Waals surface area contributed by atoms with Crippen molar-refractivity contribution in [3.05, 3.63) is 0 Å². The monoisotopic (exact) mass is 326 g/mol. The zero-order valence-corrected chi connectivity index (χ0v) is 15.6. The molecular formula is C19H34O4. The highest BCUT2D eigenvalue weighted by atomic mass is 16.5. The average Bonchev–Trinajstić information content (AvgIpc) is 2.43. The molecule has 0 aromatic rings. The van der Waals surface area contributed by atoms with E-state index in [2.05, 4.69) is 13.8 Å². The Labute approximate surface area is 141 Å². The molecule has 1 aliphatic rings. The number of carboxylic acid groups (broad SMARTS) is 1. The van der Waals surface area contributed by atoms with Gasteiger partial charge in [-0.2, -0.15) is 0 Å². The molecule has 1 aliphatic carbocycles. The molecule has 0 aromatic heterocycles. The lowest BCUT2D eigenvalue weighted by Gasteiger charge is -2.33. The van der Waals surface area contributed by atoms with Gasteiger partial charge in [-0.3, -0.25) is 9.59 Å². The van der Waals surface area contributed by atoms with Crippen LogP contribution in [0, 0.1) is 28.6 Å². The van der Waals surface area contributed by atoms with Crippen molar-refractivity contribution in [1.29, 1.82) is 0 Å². The van der Waals surface area contributed by atoms with Gasteiger partial charge in [0, 0.05) is 0 Å². The third kappa shape index (κ3) is 5.82. The number of hydrogen-bond donors (Lipinski definition) is 1. The summed E-state index contributed by atoms with van der Waals surface area (Å²) in [7, 11) is 0. The molecule has 0 spiro atoms. The van der Waals surface area contributed by atoms with Crippen LogP contribution in [0.15, 0.2) is 0 Å². The Hall–Kier alpha value is -1.06. The SMILES string of the molecule is CC(C)C1CCC(COC(=O)C(C)(C)CC(C)(C)C(=O)O)CC1. The summed E-state index contributed by atoms with van der Waals surface area (Å²) in [6.45, 7) is 11.9. The second-order valence-electron chi connectivity index (χ2n) is 8.87. The summed E-state index contributed by atoms with van der Waals surface area (Å²) >= 11 is 0. The van der Waals surface area contributed by atoms with Gasteiger partial charge in [0.05, 0.1) is 17.4 Å². The standard InChI is InChI=1S/C19H34O4/c1-13(2)15-9-7-14(8-10-15)11-23-17(22)19(5,6)12-18(3,4)16(20)21/h13-15H,7-12H2,1-6H3,(H,20,21). The quantitative estimate of drug-likeness (QED) is 0.699. The lowest BCUT2D eigenvalue weighted by molar-refractivity contribution is -0.160. The first-order chi connectivity index (χ1) is 10.5. The summed E-state index contributed by atoms with van der Waals surface area (Å²) in [6, 6.07) is 0. The van der Waals surface area contributed by atoms with Crippen molar-refractivity contribution >= 4 is 11.9 Å². The molecule has 134 valence electrons. The molecule has 0 radical (unpaired) electrons. The van der Waals surface area contributed by atoms with Crippen molar-refractivity contribution in [3.63, 3.8) is 0 Å². The summed E-state index contributed by atoms with van der Waals surface area (Å²) in [6.07, 6.45) is 4.95. The van der Waals surface area contributed by atoms with Crippen LogP contribution in [0.25, 0.3) is 0 Å². The molecule has 4 nitrogen and oxygen atoms in total. The minimum Gasteiger partial charge on any atom is -0.481 e. The maximum atomic E-state index is 12.4. The van der Waals surface area contributed by atoms with Crippen LogP contribution >= 0.6 is 0 Å². The van der Waals surface area contributed by atoms with Crippen LogP contribution in [-0.2, 0) is 14.3 Å². The van der Waals surface area contributed by atoms with Gasteiger partial charge >= 0.3 is 11.9 Å². The largest absolute Gasteiger partial charge is 0.481 e. The van der Waals surface area contributed by atoms with Crippen molar-refractivity contribution < 1.29 is 19.4 Å². The van der Waals surface area contributed by atoms with Crippen molar-refractivity contribution in [2.45, 2.75) is 73.6 Å². The van der Waals surface area contributed by atoms with E-state index in [1.165, 1.54) is 12.8 Å². The highest BCUT2D eigenvalue weighted by molar-refractivity contribution is 5.79. The highest BCUT2D eigenvalue weighted by Crippen LogP contribution is 2.36. The van der Waals surface area contributed by atoms with E-state index in [1.54, 1.807) is 27.7 Å². The number of carbonyl (C=O) groups is 2. The van der Waals surface area contributed by atoms with Crippen LogP contribution in [-0.4, -0.2) is 23.7 Å². The van der Waals surface area contributed by atoms with E-state index < -0.39 is 16.8 Å². The van der Waals surface area contributed by atoms with Crippen molar-refractivity contribution in [2.24, 2.45) is 28.6 Å². The summed E-state index contributed by atoms with van der Waals surface area (Å²) in [5, 5.41) is 9.24. The minimum absolute atomic E-state index is 0.272. The predicted molar refractivity (Wildman–Crippen MR) is 91.1 cm³/mol. The number of carbonyl (C=O) groups excluding carboxylic acids is 1. The second-order valence-corrected chi connectivity index (χ2v) is 8.87. The molecule has 1 N–H and O–H groups in total. The van der Waals surface area contributed by atoms with Crippen molar-refractivity contribution in [1.82, 2.24) is 0 Å². The number of rotatable bonds is 7. The van der Waals surface area contributed by atoms with Crippen molar-refractivity contribution in [2.75, 3.05) is 6.61 Å². The Morgan fingerprint density at radius 2 is 1.57 bits per heavy atom. The average molecular weight is 326 g/mol. The molecule has 0 saturated heterocycles. The topological polar surface area (TPSA) is 63.6 Å². The van der Waals surface area contributed by atoms with Gasteiger partial charge in [-0.25, -0.2) is 0 Å². The first-order valence-electron chi connectivity index (χ1n) is 8.86. The van der Waals surface area contributed by atoms with Gasteiger partial charge in [-0.05, 0) is 77.6 Å². The molecule has 1 saturated carbocycles.